The second-order valence-corrected chi connectivity index (χ2v) is 7.60. The number of nitrogens with zero attached hydrogens (tertiary/aromatic N) is 6. The fourth-order valence-corrected chi connectivity index (χ4v) is 3.51. The van der Waals surface area contributed by atoms with Gasteiger partial charge in [0.2, 0.25) is 0 Å². The summed E-state index contributed by atoms with van der Waals surface area (Å²) in [5, 5.41) is 17.6. The molecule has 0 aliphatic heterocycles. The molecule has 164 valence electrons. The molecule has 33 heavy (non-hydrogen) atoms. The summed E-state index contributed by atoms with van der Waals surface area (Å²) in [6.07, 6.45) is 1.48. The predicted molar refractivity (Wildman–Crippen MR) is 120 cm³/mol. The zero-order valence-electron chi connectivity index (χ0n) is 18.0. The van der Waals surface area contributed by atoms with E-state index in [0.717, 1.165) is 10.9 Å². The van der Waals surface area contributed by atoms with Gasteiger partial charge in [-0.3, -0.25) is 9.78 Å². The molecule has 1 aromatic carbocycles. The summed E-state index contributed by atoms with van der Waals surface area (Å²) in [7, 11) is 0. The number of fused-ring (bicyclic) bond motifs is 1. The lowest BCUT2D eigenvalue weighted by atomic mass is 10.1. The summed E-state index contributed by atoms with van der Waals surface area (Å²) in [4.78, 5) is 23.6. The Morgan fingerprint density at radius 3 is 2.73 bits per heavy atom. The van der Waals surface area contributed by atoms with Gasteiger partial charge < -0.3 is 10.6 Å². The first-order valence-electron chi connectivity index (χ1n) is 10.2. The molecule has 3 aromatic heterocycles. The van der Waals surface area contributed by atoms with Crippen molar-refractivity contribution in [3.05, 3.63) is 88.8 Å². The number of rotatable bonds is 5. The van der Waals surface area contributed by atoms with Crippen LogP contribution in [0.4, 0.5) is 10.2 Å². The van der Waals surface area contributed by atoms with Crippen LogP contribution < -0.4 is 5.73 Å². The van der Waals surface area contributed by atoms with Crippen molar-refractivity contribution in [3.63, 3.8) is 0 Å². The highest BCUT2D eigenvalue weighted by Crippen LogP contribution is 2.26. The van der Waals surface area contributed by atoms with Crippen LogP contribution in [0.3, 0.4) is 0 Å². The SMILES string of the molecule is Cc1cc2cc(C(=O)N(Cc3ccc(C#N)nn3)[C@H](C)c3ncccc3F)ccc2nc1N. The first kappa shape index (κ1) is 21.8. The lowest BCUT2D eigenvalue weighted by molar-refractivity contribution is 0.0664. The van der Waals surface area contributed by atoms with E-state index in [1.54, 1.807) is 31.2 Å². The van der Waals surface area contributed by atoms with Gasteiger partial charge in [-0.15, -0.1) is 5.10 Å². The molecular weight excluding hydrogens is 421 g/mol. The van der Waals surface area contributed by atoms with Crippen LogP contribution in [0.15, 0.2) is 54.7 Å². The van der Waals surface area contributed by atoms with Crippen LogP contribution in [0, 0.1) is 24.1 Å². The smallest absolute Gasteiger partial charge is 0.254 e. The highest BCUT2D eigenvalue weighted by atomic mass is 19.1. The average Bonchev–Trinajstić information content (AvgIpc) is 2.83. The van der Waals surface area contributed by atoms with E-state index < -0.39 is 11.9 Å². The lowest BCUT2D eigenvalue weighted by Crippen LogP contribution is -2.34. The van der Waals surface area contributed by atoms with Gasteiger partial charge in [0.1, 0.15) is 17.7 Å². The number of pyridine rings is 2. The van der Waals surface area contributed by atoms with Gasteiger partial charge in [-0.2, -0.15) is 10.4 Å². The number of carbonyl (C=O) groups excluding carboxylic acids is 1. The fourth-order valence-electron chi connectivity index (χ4n) is 3.51. The zero-order valence-corrected chi connectivity index (χ0v) is 18.0. The Hall–Kier alpha value is -4.45. The van der Waals surface area contributed by atoms with Crippen LogP contribution >= 0.6 is 0 Å². The van der Waals surface area contributed by atoms with Gasteiger partial charge in [-0.25, -0.2) is 9.37 Å². The Morgan fingerprint density at radius 2 is 2.03 bits per heavy atom. The number of amides is 1. The minimum Gasteiger partial charge on any atom is -0.383 e. The number of nitriles is 1. The van der Waals surface area contributed by atoms with Crippen LogP contribution in [0.2, 0.25) is 0 Å². The normalized spacial score (nSPS) is 11.7. The van der Waals surface area contributed by atoms with Crippen LogP contribution in [-0.2, 0) is 6.54 Å². The molecule has 0 unspecified atom stereocenters. The quantitative estimate of drug-likeness (QED) is 0.501. The van der Waals surface area contributed by atoms with Gasteiger partial charge in [0, 0.05) is 17.1 Å². The maximum absolute atomic E-state index is 14.5. The molecule has 0 saturated carbocycles. The Labute approximate surface area is 189 Å². The van der Waals surface area contributed by atoms with Gasteiger partial charge in [0.05, 0.1) is 29.5 Å². The molecule has 1 atom stereocenters. The second-order valence-electron chi connectivity index (χ2n) is 7.60. The summed E-state index contributed by atoms with van der Waals surface area (Å²) in [6.45, 7) is 3.59. The Bertz CT molecular complexity index is 1380. The van der Waals surface area contributed by atoms with E-state index >= 15 is 0 Å². The standard InChI is InChI=1S/C24H20FN7O/c1-14-10-17-11-16(5-8-21(17)29-23(14)27)24(33)32(13-19-7-6-18(12-26)30-31-19)15(2)22-20(25)4-3-9-28-22/h3-11,15H,13H2,1-2H3,(H2,27,29)/t15-/m1/s1. The van der Waals surface area contributed by atoms with Gasteiger partial charge in [-0.05, 0) is 67.9 Å². The van der Waals surface area contributed by atoms with E-state index in [1.165, 1.54) is 29.3 Å². The molecule has 3 heterocycles. The topological polar surface area (TPSA) is 122 Å². The molecule has 0 fully saturated rings. The molecule has 0 radical (unpaired) electrons. The average molecular weight is 441 g/mol. The molecular formula is C24H20FN7O. The molecule has 1 amide bonds. The molecule has 0 saturated heterocycles. The third-order valence-electron chi connectivity index (χ3n) is 5.37. The molecule has 0 aliphatic carbocycles. The molecule has 4 rings (SSSR count). The van der Waals surface area contributed by atoms with Crippen molar-refractivity contribution in [1.82, 2.24) is 25.1 Å². The molecule has 0 bridgehead atoms. The maximum atomic E-state index is 14.5. The summed E-state index contributed by atoms with van der Waals surface area (Å²) in [6, 6.07) is 14.1. The largest absolute Gasteiger partial charge is 0.383 e. The number of carbonyl (C=O) groups is 1. The highest BCUT2D eigenvalue weighted by molar-refractivity contribution is 5.98. The van der Waals surface area contributed by atoms with Crippen molar-refractivity contribution in [2.24, 2.45) is 0 Å². The number of aromatic nitrogens is 4. The Morgan fingerprint density at radius 1 is 1.21 bits per heavy atom. The van der Waals surface area contributed by atoms with Gasteiger partial charge >= 0.3 is 0 Å². The number of anilines is 1. The molecule has 8 nitrogen and oxygen atoms in total. The number of benzene rings is 1. The van der Waals surface area contributed by atoms with E-state index in [0.29, 0.717) is 22.6 Å². The van der Waals surface area contributed by atoms with Gasteiger partial charge in [-0.1, -0.05) is 0 Å². The molecule has 0 spiro atoms. The van der Waals surface area contributed by atoms with E-state index in [-0.39, 0.29) is 23.8 Å². The summed E-state index contributed by atoms with van der Waals surface area (Å²) in [5.74, 6) is -0.417. The number of nitrogens with two attached hydrogens (primary N) is 1. The van der Waals surface area contributed by atoms with Crippen molar-refractivity contribution in [1.29, 1.82) is 5.26 Å². The van der Waals surface area contributed by atoms with Crippen LogP contribution in [0.5, 0.6) is 0 Å². The van der Waals surface area contributed by atoms with Crippen molar-refractivity contribution < 1.29 is 9.18 Å². The Kier molecular flexibility index (Phi) is 5.91. The monoisotopic (exact) mass is 441 g/mol. The van der Waals surface area contributed by atoms with E-state index in [4.69, 9.17) is 11.0 Å². The summed E-state index contributed by atoms with van der Waals surface area (Å²) < 4.78 is 14.5. The Balaban J connectivity index is 1.75. The zero-order chi connectivity index (χ0) is 23.5. The summed E-state index contributed by atoms with van der Waals surface area (Å²) >= 11 is 0. The third-order valence-corrected chi connectivity index (χ3v) is 5.37. The van der Waals surface area contributed by atoms with Gasteiger partial charge in [0.25, 0.3) is 5.91 Å². The van der Waals surface area contributed by atoms with Crippen LogP contribution in [0.1, 0.15) is 46.0 Å². The second kappa shape index (κ2) is 8.96. The van der Waals surface area contributed by atoms with E-state index in [9.17, 15) is 9.18 Å². The lowest BCUT2D eigenvalue weighted by Gasteiger charge is -2.29. The molecule has 4 aromatic rings. The third kappa shape index (κ3) is 4.45. The highest BCUT2D eigenvalue weighted by Gasteiger charge is 2.27. The molecule has 9 heteroatoms. The van der Waals surface area contributed by atoms with Crippen molar-refractivity contribution in [2.75, 3.05) is 5.73 Å². The predicted octanol–water partition coefficient (Wildman–Crippen LogP) is 3.72. The minimum absolute atomic E-state index is 0.0474. The van der Waals surface area contributed by atoms with Crippen molar-refractivity contribution in [3.8, 4) is 6.07 Å². The molecule has 2 N–H and O–H groups in total. The number of halogens is 1. The van der Waals surface area contributed by atoms with Gasteiger partial charge in [0.15, 0.2) is 5.69 Å². The van der Waals surface area contributed by atoms with Crippen molar-refractivity contribution >= 4 is 22.6 Å². The first-order valence-corrected chi connectivity index (χ1v) is 10.2. The molecule has 0 aliphatic rings. The first-order chi connectivity index (χ1) is 15.9. The number of nitrogen functional groups attached to an aromatic ring is 1. The summed E-state index contributed by atoms with van der Waals surface area (Å²) in [5.41, 5.74) is 8.53. The number of hydrogen-bond donors (Lipinski definition) is 1. The number of aryl methyl sites for hydroxylation is 1. The maximum Gasteiger partial charge on any atom is 0.254 e. The number of hydrogen-bond acceptors (Lipinski definition) is 7. The van der Waals surface area contributed by atoms with Crippen LogP contribution in [-0.4, -0.2) is 31.0 Å². The minimum atomic E-state index is -0.696. The van der Waals surface area contributed by atoms with E-state index in [1.807, 2.05) is 19.1 Å². The fraction of sp³-hybridized carbons (Fsp3) is 0.167. The van der Waals surface area contributed by atoms with Crippen molar-refractivity contribution in [2.45, 2.75) is 26.4 Å². The van der Waals surface area contributed by atoms with Crippen LogP contribution in [0.25, 0.3) is 10.9 Å². The van der Waals surface area contributed by atoms with E-state index in [2.05, 4.69) is 20.2 Å².